The molecule has 0 saturated heterocycles. The van der Waals surface area contributed by atoms with Crippen molar-refractivity contribution < 1.29 is 14.3 Å². The van der Waals surface area contributed by atoms with Crippen LogP contribution in [0.15, 0.2) is 53.6 Å². The standard InChI is InChI=1S/C19H20ClN3O3/c1-2-11-26-16-9-7-14(8-10-16)19(25)21-13-18(24)23-22-12-15-5-3-4-6-17(15)20/h3-10,12H,2,11,13H2,1H3,(H,21,25)(H,23,24)/b22-12+. The molecule has 26 heavy (non-hydrogen) atoms. The fourth-order valence-corrected chi connectivity index (χ4v) is 2.16. The topological polar surface area (TPSA) is 79.8 Å². The smallest absolute Gasteiger partial charge is 0.259 e. The van der Waals surface area contributed by atoms with E-state index < -0.39 is 5.91 Å². The molecule has 0 fully saturated rings. The molecule has 2 rings (SSSR count). The number of halogens is 1. The lowest BCUT2D eigenvalue weighted by atomic mass is 10.2. The number of amides is 2. The Hall–Kier alpha value is -2.86. The Kier molecular flexibility index (Phi) is 7.64. The summed E-state index contributed by atoms with van der Waals surface area (Å²) < 4.78 is 5.46. The fourth-order valence-electron chi connectivity index (χ4n) is 1.98. The van der Waals surface area contributed by atoms with Crippen LogP contribution in [0, 0.1) is 0 Å². The summed E-state index contributed by atoms with van der Waals surface area (Å²) in [5.41, 5.74) is 3.46. The average Bonchev–Trinajstić information content (AvgIpc) is 2.66. The Morgan fingerprint density at radius 3 is 2.58 bits per heavy atom. The molecule has 0 unspecified atom stereocenters. The van der Waals surface area contributed by atoms with Crippen molar-refractivity contribution in [3.63, 3.8) is 0 Å². The Morgan fingerprint density at radius 2 is 1.88 bits per heavy atom. The number of nitrogens with zero attached hydrogens (tertiary/aromatic N) is 1. The van der Waals surface area contributed by atoms with Gasteiger partial charge in [0.15, 0.2) is 0 Å². The molecule has 136 valence electrons. The Labute approximate surface area is 157 Å². The normalized spacial score (nSPS) is 10.5. The summed E-state index contributed by atoms with van der Waals surface area (Å²) in [4.78, 5) is 23.8. The molecule has 0 spiro atoms. The van der Waals surface area contributed by atoms with Gasteiger partial charge < -0.3 is 10.1 Å². The van der Waals surface area contributed by atoms with Crippen LogP contribution in [-0.2, 0) is 4.79 Å². The molecule has 0 saturated carbocycles. The van der Waals surface area contributed by atoms with Gasteiger partial charge in [0.25, 0.3) is 11.8 Å². The number of carbonyl (C=O) groups is 2. The summed E-state index contributed by atoms with van der Waals surface area (Å²) in [7, 11) is 0. The van der Waals surface area contributed by atoms with Crippen molar-refractivity contribution in [1.82, 2.24) is 10.7 Å². The Balaban J connectivity index is 1.77. The minimum absolute atomic E-state index is 0.188. The molecule has 2 amide bonds. The number of carbonyl (C=O) groups excluding carboxylic acids is 2. The molecule has 6 nitrogen and oxygen atoms in total. The molecule has 0 radical (unpaired) electrons. The van der Waals surface area contributed by atoms with E-state index in [1.165, 1.54) is 6.21 Å². The molecular formula is C19H20ClN3O3. The van der Waals surface area contributed by atoms with Crippen molar-refractivity contribution >= 4 is 29.6 Å². The van der Waals surface area contributed by atoms with Gasteiger partial charge >= 0.3 is 0 Å². The zero-order chi connectivity index (χ0) is 18.8. The van der Waals surface area contributed by atoms with Crippen molar-refractivity contribution in [1.29, 1.82) is 0 Å². The number of hydrogen-bond donors (Lipinski definition) is 2. The van der Waals surface area contributed by atoms with Crippen LogP contribution in [0.1, 0.15) is 29.3 Å². The summed E-state index contributed by atoms with van der Waals surface area (Å²) in [5, 5.41) is 6.88. The van der Waals surface area contributed by atoms with Crippen LogP contribution in [0.4, 0.5) is 0 Å². The highest BCUT2D eigenvalue weighted by Gasteiger charge is 2.08. The number of nitrogens with one attached hydrogen (secondary N) is 2. The first kappa shape index (κ1) is 19.5. The third-order valence-corrected chi connectivity index (χ3v) is 3.64. The molecule has 0 aliphatic heterocycles. The van der Waals surface area contributed by atoms with E-state index >= 15 is 0 Å². The molecule has 0 aromatic heterocycles. The molecule has 0 bridgehead atoms. The van der Waals surface area contributed by atoms with E-state index in [4.69, 9.17) is 16.3 Å². The number of benzene rings is 2. The third-order valence-electron chi connectivity index (χ3n) is 3.30. The zero-order valence-electron chi connectivity index (χ0n) is 14.4. The lowest BCUT2D eigenvalue weighted by molar-refractivity contribution is -0.120. The van der Waals surface area contributed by atoms with Crippen LogP contribution in [0.2, 0.25) is 5.02 Å². The molecule has 7 heteroatoms. The zero-order valence-corrected chi connectivity index (χ0v) is 15.1. The van der Waals surface area contributed by atoms with Crippen molar-refractivity contribution in [2.75, 3.05) is 13.2 Å². The molecule has 2 aromatic rings. The highest BCUT2D eigenvalue weighted by molar-refractivity contribution is 6.33. The molecule has 0 aliphatic rings. The summed E-state index contributed by atoms with van der Waals surface area (Å²) in [6.45, 7) is 2.46. The van der Waals surface area contributed by atoms with Gasteiger partial charge in [-0.05, 0) is 36.8 Å². The van der Waals surface area contributed by atoms with Gasteiger partial charge in [0, 0.05) is 16.1 Å². The predicted molar refractivity (Wildman–Crippen MR) is 102 cm³/mol. The molecule has 0 heterocycles. The maximum absolute atomic E-state index is 12.0. The van der Waals surface area contributed by atoms with E-state index in [1.807, 2.05) is 13.0 Å². The van der Waals surface area contributed by atoms with Crippen LogP contribution in [0.3, 0.4) is 0 Å². The maximum atomic E-state index is 12.0. The van der Waals surface area contributed by atoms with Crippen molar-refractivity contribution in [3.05, 3.63) is 64.7 Å². The van der Waals surface area contributed by atoms with Crippen LogP contribution in [0.5, 0.6) is 5.75 Å². The molecule has 0 aliphatic carbocycles. The van der Waals surface area contributed by atoms with E-state index in [-0.39, 0.29) is 12.5 Å². The minimum atomic E-state index is -0.440. The second-order valence-corrected chi connectivity index (χ2v) is 5.78. The second-order valence-electron chi connectivity index (χ2n) is 5.37. The van der Waals surface area contributed by atoms with E-state index in [0.717, 1.165) is 6.42 Å². The SMILES string of the molecule is CCCOc1ccc(C(=O)NCC(=O)N/N=C/c2ccccc2Cl)cc1. The first-order valence-electron chi connectivity index (χ1n) is 8.17. The number of ether oxygens (including phenoxy) is 1. The van der Waals surface area contributed by atoms with Crippen molar-refractivity contribution in [2.24, 2.45) is 5.10 Å². The van der Waals surface area contributed by atoms with Crippen LogP contribution in [0.25, 0.3) is 0 Å². The highest BCUT2D eigenvalue weighted by Crippen LogP contribution is 2.13. The summed E-state index contributed by atoms with van der Waals surface area (Å²) in [6.07, 6.45) is 2.35. The quantitative estimate of drug-likeness (QED) is 0.551. The van der Waals surface area contributed by atoms with Gasteiger partial charge in [-0.25, -0.2) is 5.43 Å². The summed E-state index contributed by atoms with van der Waals surface area (Å²) in [5.74, 6) is -0.0862. The lowest BCUT2D eigenvalue weighted by Gasteiger charge is -2.07. The van der Waals surface area contributed by atoms with E-state index in [0.29, 0.717) is 28.5 Å². The number of hydrazone groups is 1. The third kappa shape index (κ3) is 6.22. The van der Waals surface area contributed by atoms with Gasteiger partial charge in [0.1, 0.15) is 5.75 Å². The Morgan fingerprint density at radius 1 is 1.15 bits per heavy atom. The van der Waals surface area contributed by atoms with Gasteiger partial charge in [0.2, 0.25) is 0 Å². The van der Waals surface area contributed by atoms with Crippen LogP contribution >= 0.6 is 11.6 Å². The summed E-state index contributed by atoms with van der Waals surface area (Å²) >= 11 is 5.98. The molecule has 0 atom stereocenters. The monoisotopic (exact) mass is 373 g/mol. The summed E-state index contributed by atoms with van der Waals surface area (Å²) in [6, 6.07) is 13.8. The van der Waals surface area contributed by atoms with Gasteiger partial charge in [-0.2, -0.15) is 5.10 Å². The van der Waals surface area contributed by atoms with Gasteiger partial charge in [-0.15, -0.1) is 0 Å². The lowest BCUT2D eigenvalue weighted by Crippen LogP contribution is -2.34. The second kappa shape index (κ2) is 10.2. The highest BCUT2D eigenvalue weighted by atomic mass is 35.5. The van der Waals surface area contributed by atoms with Crippen molar-refractivity contribution in [2.45, 2.75) is 13.3 Å². The predicted octanol–water partition coefficient (Wildman–Crippen LogP) is 3.01. The molecule has 2 N–H and O–H groups in total. The van der Waals surface area contributed by atoms with Gasteiger partial charge in [-0.1, -0.05) is 36.7 Å². The van der Waals surface area contributed by atoms with E-state index in [9.17, 15) is 9.59 Å². The minimum Gasteiger partial charge on any atom is -0.494 e. The number of hydrogen-bond acceptors (Lipinski definition) is 4. The first-order valence-corrected chi connectivity index (χ1v) is 8.55. The average molecular weight is 374 g/mol. The van der Waals surface area contributed by atoms with Crippen LogP contribution < -0.4 is 15.5 Å². The number of rotatable bonds is 8. The van der Waals surface area contributed by atoms with E-state index in [1.54, 1.807) is 42.5 Å². The van der Waals surface area contributed by atoms with Crippen LogP contribution in [-0.4, -0.2) is 31.2 Å². The van der Waals surface area contributed by atoms with Gasteiger partial charge in [0.05, 0.1) is 19.4 Å². The Bertz CT molecular complexity index is 776. The maximum Gasteiger partial charge on any atom is 0.259 e. The first-order chi connectivity index (χ1) is 12.6. The molecular weight excluding hydrogens is 354 g/mol. The van der Waals surface area contributed by atoms with Gasteiger partial charge in [-0.3, -0.25) is 9.59 Å². The van der Waals surface area contributed by atoms with E-state index in [2.05, 4.69) is 15.8 Å². The largest absolute Gasteiger partial charge is 0.494 e. The fraction of sp³-hybridized carbons (Fsp3) is 0.211. The molecule has 2 aromatic carbocycles. The van der Waals surface area contributed by atoms with Crippen molar-refractivity contribution in [3.8, 4) is 5.75 Å².